The lowest BCUT2D eigenvalue weighted by Gasteiger charge is -2.37. The van der Waals surface area contributed by atoms with Crippen LogP contribution in [0.2, 0.25) is 0 Å². The molecule has 0 amide bonds. The van der Waals surface area contributed by atoms with Crippen molar-refractivity contribution in [2.45, 2.75) is 110 Å². The highest BCUT2D eigenvalue weighted by molar-refractivity contribution is 5.08. The molecular formula is C28H46. The Morgan fingerprint density at radius 2 is 1.21 bits per heavy atom. The molecule has 7 atom stereocenters. The summed E-state index contributed by atoms with van der Waals surface area (Å²) in [4.78, 5) is 0. The molecule has 0 N–H and O–H groups in total. The van der Waals surface area contributed by atoms with Crippen LogP contribution in [0.25, 0.3) is 0 Å². The van der Waals surface area contributed by atoms with Crippen molar-refractivity contribution in [1.82, 2.24) is 0 Å². The predicted octanol–water partition coefficient (Wildman–Crippen LogP) is 8.73. The number of rotatable bonds is 8. The van der Waals surface area contributed by atoms with E-state index in [0.29, 0.717) is 0 Å². The van der Waals surface area contributed by atoms with Crippen LogP contribution < -0.4 is 0 Å². The Kier molecular flexibility index (Phi) is 7.06. The first-order valence-corrected chi connectivity index (χ1v) is 12.9. The zero-order chi connectivity index (χ0) is 19.5. The molecule has 0 aliphatic heterocycles. The molecule has 4 saturated carbocycles. The largest absolute Gasteiger partial charge is 0.0998 e. The zero-order valence-electron chi connectivity index (χ0n) is 18.8. The first kappa shape index (κ1) is 20.7. The first-order valence-electron chi connectivity index (χ1n) is 12.9. The summed E-state index contributed by atoms with van der Waals surface area (Å²) in [6.45, 7) is 11.0. The van der Waals surface area contributed by atoms with Gasteiger partial charge in [0.1, 0.15) is 0 Å². The molecule has 0 heterocycles. The number of hydrogen-bond donors (Lipinski definition) is 0. The van der Waals surface area contributed by atoms with Crippen molar-refractivity contribution in [1.29, 1.82) is 0 Å². The van der Waals surface area contributed by atoms with E-state index in [9.17, 15) is 0 Å². The second-order valence-corrected chi connectivity index (χ2v) is 11.5. The van der Waals surface area contributed by atoms with Gasteiger partial charge in [-0.25, -0.2) is 0 Å². The van der Waals surface area contributed by atoms with Crippen molar-refractivity contribution in [2.75, 3.05) is 0 Å². The van der Waals surface area contributed by atoms with Crippen molar-refractivity contribution < 1.29 is 0 Å². The normalized spacial score (nSPS) is 39.0. The molecule has 0 aromatic carbocycles. The van der Waals surface area contributed by atoms with Crippen LogP contribution in [0.4, 0.5) is 0 Å². The average Bonchev–Trinajstić information content (AvgIpc) is 3.21. The standard InChI is InChI=1S/C28H46/c1-4-5-6-7-22(16-23-8-10-25-12-20(2)14-27(25)18-23)17-24-9-11-26-13-21(3)15-28(26)19-24/h22-28H,2-19H2,1H3/t22?,23-,24?,25?,26?,27+,28+/m0/s1. The highest BCUT2D eigenvalue weighted by Gasteiger charge is 2.38. The fraction of sp³-hybridized carbons (Fsp3) is 0.857. The summed E-state index contributed by atoms with van der Waals surface area (Å²) in [6, 6.07) is 0. The molecule has 0 spiro atoms. The molecular weight excluding hydrogens is 336 g/mol. The summed E-state index contributed by atoms with van der Waals surface area (Å²) in [5.74, 6) is 7.10. The zero-order valence-corrected chi connectivity index (χ0v) is 18.8. The quantitative estimate of drug-likeness (QED) is 0.291. The minimum Gasteiger partial charge on any atom is -0.0998 e. The molecule has 4 rings (SSSR count). The van der Waals surface area contributed by atoms with Gasteiger partial charge in [0.05, 0.1) is 0 Å². The monoisotopic (exact) mass is 382 g/mol. The molecule has 0 nitrogen and oxygen atoms in total. The maximum Gasteiger partial charge on any atom is -0.0292 e. The first-order chi connectivity index (χ1) is 13.6. The lowest BCUT2D eigenvalue weighted by Crippen LogP contribution is -2.25. The molecule has 4 unspecified atom stereocenters. The van der Waals surface area contributed by atoms with Gasteiger partial charge in [-0.15, -0.1) is 0 Å². The minimum absolute atomic E-state index is 1.00. The highest BCUT2D eigenvalue weighted by atomic mass is 14.4. The van der Waals surface area contributed by atoms with Crippen LogP contribution >= 0.6 is 0 Å². The van der Waals surface area contributed by atoms with E-state index >= 15 is 0 Å². The summed E-state index contributed by atoms with van der Waals surface area (Å²) >= 11 is 0. The van der Waals surface area contributed by atoms with E-state index in [4.69, 9.17) is 0 Å². The van der Waals surface area contributed by atoms with Crippen molar-refractivity contribution in [3.8, 4) is 0 Å². The van der Waals surface area contributed by atoms with Gasteiger partial charge < -0.3 is 0 Å². The van der Waals surface area contributed by atoms with Crippen LogP contribution in [-0.4, -0.2) is 0 Å². The van der Waals surface area contributed by atoms with Gasteiger partial charge in [-0.2, -0.15) is 0 Å². The molecule has 4 aliphatic rings. The van der Waals surface area contributed by atoms with E-state index in [-0.39, 0.29) is 0 Å². The van der Waals surface area contributed by atoms with Gasteiger partial charge in [-0.3, -0.25) is 0 Å². The van der Waals surface area contributed by atoms with Crippen LogP contribution in [0, 0.1) is 41.4 Å². The Hall–Kier alpha value is -0.520. The van der Waals surface area contributed by atoms with Crippen molar-refractivity contribution in [2.24, 2.45) is 41.4 Å². The van der Waals surface area contributed by atoms with Crippen molar-refractivity contribution in [3.63, 3.8) is 0 Å². The fourth-order valence-electron chi connectivity index (χ4n) is 7.92. The summed E-state index contributed by atoms with van der Waals surface area (Å²) in [7, 11) is 0. The third-order valence-electron chi connectivity index (χ3n) is 9.25. The minimum atomic E-state index is 1.00. The molecule has 0 radical (unpaired) electrons. The van der Waals surface area contributed by atoms with E-state index in [2.05, 4.69) is 20.1 Å². The molecule has 0 aromatic rings. The second-order valence-electron chi connectivity index (χ2n) is 11.5. The lowest BCUT2D eigenvalue weighted by molar-refractivity contribution is 0.144. The second kappa shape index (κ2) is 9.53. The number of fused-ring (bicyclic) bond motifs is 2. The fourth-order valence-corrected chi connectivity index (χ4v) is 7.92. The Morgan fingerprint density at radius 1 is 0.714 bits per heavy atom. The molecule has 0 saturated heterocycles. The Balaban J connectivity index is 1.30. The van der Waals surface area contributed by atoms with Gasteiger partial charge in [0.25, 0.3) is 0 Å². The smallest absolute Gasteiger partial charge is 0.0292 e. The van der Waals surface area contributed by atoms with E-state index in [1.54, 1.807) is 24.0 Å². The molecule has 0 bridgehead atoms. The molecule has 0 aromatic heterocycles. The van der Waals surface area contributed by atoms with Crippen LogP contribution in [0.1, 0.15) is 110 Å². The van der Waals surface area contributed by atoms with Crippen LogP contribution in [-0.2, 0) is 0 Å². The molecule has 4 fully saturated rings. The summed E-state index contributed by atoms with van der Waals surface area (Å²) in [5.41, 5.74) is 3.12. The number of unbranched alkanes of at least 4 members (excludes halogenated alkanes) is 2. The van der Waals surface area contributed by atoms with Crippen LogP contribution in [0.15, 0.2) is 24.3 Å². The average molecular weight is 383 g/mol. The van der Waals surface area contributed by atoms with Gasteiger partial charge in [0, 0.05) is 0 Å². The Morgan fingerprint density at radius 3 is 1.71 bits per heavy atom. The third kappa shape index (κ3) is 5.14. The topological polar surface area (TPSA) is 0 Å². The highest BCUT2D eigenvalue weighted by Crippen LogP contribution is 2.50. The van der Waals surface area contributed by atoms with Crippen molar-refractivity contribution in [3.05, 3.63) is 24.3 Å². The van der Waals surface area contributed by atoms with E-state index in [1.165, 1.54) is 89.9 Å². The van der Waals surface area contributed by atoms with E-state index < -0.39 is 0 Å². The lowest BCUT2D eigenvalue weighted by atomic mass is 9.69. The maximum absolute atomic E-state index is 4.32. The van der Waals surface area contributed by atoms with Gasteiger partial charge >= 0.3 is 0 Å². The van der Waals surface area contributed by atoms with Gasteiger partial charge in [-0.1, -0.05) is 69.8 Å². The third-order valence-corrected chi connectivity index (χ3v) is 9.25. The van der Waals surface area contributed by atoms with Crippen molar-refractivity contribution >= 4 is 0 Å². The summed E-state index contributed by atoms with van der Waals surface area (Å²) in [6.07, 6.45) is 23.5. The summed E-state index contributed by atoms with van der Waals surface area (Å²) in [5, 5.41) is 0. The Labute approximate surface area is 175 Å². The van der Waals surface area contributed by atoms with Gasteiger partial charge in [0.15, 0.2) is 0 Å². The van der Waals surface area contributed by atoms with E-state index in [1.807, 2.05) is 0 Å². The number of allylic oxidation sites excluding steroid dienone is 2. The van der Waals surface area contributed by atoms with Gasteiger partial charge in [-0.05, 0) is 106 Å². The number of hydrogen-bond acceptors (Lipinski definition) is 0. The molecule has 28 heavy (non-hydrogen) atoms. The predicted molar refractivity (Wildman–Crippen MR) is 122 cm³/mol. The maximum atomic E-state index is 4.32. The van der Waals surface area contributed by atoms with Crippen LogP contribution in [0.3, 0.4) is 0 Å². The van der Waals surface area contributed by atoms with Gasteiger partial charge in [0.2, 0.25) is 0 Å². The Bertz CT molecular complexity index is 498. The molecule has 158 valence electrons. The van der Waals surface area contributed by atoms with E-state index in [0.717, 1.165) is 41.4 Å². The van der Waals surface area contributed by atoms with Crippen LogP contribution in [0.5, 0.6) is 0 Å². The molecule has 4 aliphatic carbocycles. The SMILES string of the molecule is C=C1CC2CCC(CC(CCCCC)C[C@@H]3CCC4CC(=C)C[C@@H]4C3)C[C@H]2C1. The summed E-state index contributed by atoms with van der Waals surface area (Å²) < 4.78 is 0. The molecule has 0 heteroatoms.